The molecule has 0 saturated carbocycles. The molecule has 0 radical (unpaired) electrons. The van der Waals surface area contributed by atoms with Crippen molar-refractivity contribution in [2.45, 2.75) is 31.6 Å². The zero-order chi connectivity index (χ0) is 13.5. The van der Waals surface area contributed by atoms with E-state index in [1.165, 1.54) is 16.8 Å². The molecule has 7 nitrogen and oxygen atoms in total. The quantitative estimate of drug-likeness (QED) is 0.658. The van der Waals surface area contributed by atoms with Gasteiger partial charge in [-0.05, 0) is 19.3 Å². The molecule has 3 N–H and O–H groups in total. The van der Waals surface area contributed by atoms with E-state index in [-0.39, 0.29) is 18.9 Å². The van der Waals surface area contributed by atoms with Gasteiger partial charge in [-0.25, -0.2) is 4.79 Å². The highest BCUT2D eigenvalue weighted by Gasteiger charge is 2.26. The summed E-state index contributed by atoms with van der Waals surface area (Å²) in [6.07, 6.45) is 3.21. The Kier molecular flexibility index (Phi) is 5.76. The highest BCUT2D eigenvalue weighted by atomic mass is 16.5. The molecule has 0 spiro atoms. The van der Waals surface area contributed by atoms with Crippen LogP contribution in [0, 0.1) is 0 Å². The number of H-pyrrole nitrogens is 1. The molecule has 0 aromatic carbocycles. The third kappa shape index (κ3) is 3.52. The Morgan fingerprint density at radius 2 is 2.17 bits per heavy atom. The summed E-state index contributed by atoms with van der Waals surface area (Å²) in [6.45, 7) is 0.0813. The standard InChI is InChI=1S/C10H14N2O4.CH4O/c13-6-4-7-1-2-9(16-7)12-5-3-8(14)11-10(12)15;1-2/h3,5,7,9,13H,1-2,4,6H2,(H,11,14,15);2H,1H3/t7-,9?;/m0./s1. The van der Waals surface area contributed by atoms with Crippen molar-refractivity contribution in [3.63, 3.8) is 0 Å². The van der Waals surface area contributed by atoms with Crippen molar-refractivity contribution in [3.8, 4) is 0 Å². The molecule has 0 amide bonds. The summed E-state index contributed by atoms with van der Waals surface area (Å²) in [4.78, 5) is 24.5. The highest BCUT2D eigenvalue weighted by Crippen LogP contribution is 2.28. The predicted molar refractivity (Wildman–Crippen MR) is 64.3 cm³/mol. The van der Waals surface area contributed by atoms with E-state index in [0.717, 1.165) is 20.0 Å². The maximum Gasteiger partial charge on any atom is 0.330 e. The lowest BCUT2D eigenvalue weighted by Gasteiger charge is -2.14. The number of aromatic amines is 1. The van der Waals surface area contributed by atoms with Crippen molar-refractivity contribution >= 4 is 0 Å². The van der Waals surface area contributed by atoms with Crippen LogP contribution in [0.4, 0.5) is 0 Å². The number of rotatable bonds is 3. The lowest BCUT2D eigenvalue weighted by Crippen LogP contribution is -2.31. The number of aliphatic hydroxyl groups is 2. The van der Waals surface area contributed by atoms with Gasteiger partial charge in [0.05, 0.1) is 6.10 Å². The van der Waals surface area contributed by atoms with Crippen LogP contribution < -0.4 is 11.2 Å². The first kappa shape index (κ1) is 14.6. The SMILES string of the molecule is CO.O=c1ccn(C2CC[C@@H](CCO)O2)c(=O)[nH]1. The minimum absolute atomic E-state index is 0.00571. The molecular weight excluding hydrogens is 240 g/mol. The lowest BCUT2D eigenvalue weighted by molar-refractivity contribution is -0.0102. The van der Waals surface area contributed by atoms with Crippen LogP contribution in [0.25, 0.3) is 0 Å². The molecule has 2 heterocycles. The summed E-state index contributed by atoms with van der Waals surface area (Å²) < 4.78 is 6.96. The second-order valence-electron chi connectivity index (χ2n) is 3.82. The molecule has 18 heavy (non-hydrogen) atoms. The number of nitrogens with one attached hydrogen (secondary N) is 1. The largest absolute Gasteiger partial charge is 0.400 e. The van der Waals surface area contributed by atoms with Gasteiger partial charge < -0.3 is 14.9 Å². The van der Waals surface area contributed by atoms with Gasteiger partial charge in [-0.1, -0.05) is 0 Å². The average molecular weight is 258 g/mol. The van der Waals surface area contributed by atoms with E-state index in [1.54, 1.807) is 0 Å². The van der Waals surface area contributed by atoms with Gasteiger partial charge in [0.2, 0.25) is 0 Å². The van der Waals surface area contributed by atoms with Crippen LogP contribution in [-0.2, 0) is 4.74 Å². The van der Waals surface area contributed by atoms with Crippen LogP contribution >= 0.6 is 0 Å². The molecule has 1 aliphatic heterocycles. The zero-order valence-corrected chi connectivity index (χ0v) is 10.2. The van der Waals surface area contributed by atoms with Crippen LogP contribution in [-0.4, -0.2) is 39.6 Å². The number of aromatic nitrogens is 2. The number of hydrogen-bond acceptors (Lipinski definition) is 5. The molecule has 1 aromatic heterocycles. The molecular formula is C11H18N2O5. The fourth-order valence-corrected chi connectivity index (χ4v) is 1.90. The van der Waals surface area contributed by atoms with Crippen molar-refractivity contribution in [1.82, 2.24) is 9.55 Å². The maximum absolute atomic E-state index is 11.5. The number of nitrogens with zero attached hydrogens (tertiary/aromatic N) is 1. The average Bonchev–Trinajstić information content (AvgIpc) is 2.80. The van der Waals surface area contributed by atoms with Crippen LogP contribution in [0.1, 0.15) is 25.5 Å². The third-order valence-electron chi connectivity index (χ3n) is 2.70. The molecule has 2 rings (SSSR count). The second-order valence-corrected chi connectivity index (χ2v) is 3.82. The smallest absolute Gasteiger partial charge is 0.330 e. The van der Waals surface area contributed by atoms with E-state index in [1.807, 2.05) is 0 Å². The highest BCUT2D eigenvalue weighted by molar-refractivity contribution is 4.85. The molecule has 7 heteroatoms. The van der Waals surface area contributed by atoms with Crippen LogP contribution in [0.2, 0.25) is 0 Å². The van der Waals surface area contributed by atoms with Gasteiger partial charge in [-0.3, -0.25) is 14.3 Å². The summed E-state index contributed by atoms with van der Waals surface area (Å²) in [5, 5.41) is 15.8. The molecule has 1 unspecified atom stereocenters. The predicted octanol–water partition coefficient (Wildman–Crippen LogP) is -0.795. The minimum Gasteiger partial charge on any atom is -0.400 e. The lowest BCUT2D eigenvalue weighted by atomic mass is 10.2. The Morgan fingerprint density at radius 3 is 2.78 bits per heavy atom. The van der Waals surface area contributed by atoms with E-state index in [2.05, 4.69) is 4.98 Å². The van der Waals surface area contributed by atoms with Crippen molar-refractivity contribution in [2.75, 3.05) is 13.7 Å². The number of ether oxygens (including phenoxy) is 1. The molecule has 1 saturated heterocycles. The Hall–Kier alpha value is -1.44. The van der Waals surface area contributed by atoms with Gasteiger partial charge >= 0.3 is 5.69 Å². The van der Waals surface area contributed by atoms with Gasteiger partial charge in [0, 0.05) is 26.0 Å². The molecule has 2 atom stereocenters. The molecule has 0 aliphatic carbocycles. The fourth-order valence-electron chi connectivity index (χ4n) is 1.90. The van der Waals surface area contributed by atoms with Crippen LogP contribution in [0.15, 0.2) is 21.9 Å². The van der Waals surface area contributed by atoms with Crippen molar-refractivity contribution in [2.24, 2.45) is 0 Å². The summed E-state index contributed by atoms with van der Waals surface area (Å²) in [5.74, 6) is 0. The first-order valence-corrected chi connectivity index (χ1v) is 5.73. The number of aliphatic hydroxyl groups excluding tert-OH is 2. The van der Waals surface area contributed by atoms with Gasteiger partial charge in [-0.15, -0.1) is 0 Å². The minimum atomic E-state index is -0.456. The van der Waals surface area contributed by atoms with Gasteiger partial charge in [0.1, 0.15) is 6.23 Å². The van der Waals surface area contributed by atoms with Gasteiger partial charge in [0.15, 0.2) is 0 Å². The summed E-state index contributed by atoms with van der Waals surface area (Å²) in [7, 11) is 1.00. The molecule has 1 aromatic rings. The van der Waals surface area contributed by atoms with E-state index < -0.39 is 11.2 Å². The van der Waals surface area contributed by atoms with Crippen LogP contribution in [0.3, 0.4) is 0 Å². The summed E-state index contributed by atoms with van der Waals surface area (Å²) in [6, 6.07) is 1.30. The zero-order valence-electron chi connectivity index (χ0n) is 10.2. The Balaban J connectivity index is 0.000000771. The Labute approximate surface area is 104 Å². The summed E-state index contributed by atoms with van der Waals surface area (Å²) >= 11 is 0. The van der Waals surface area contributed by atoms with Crippen molar-refractivity contribution in [1.29, 1.82) is 0 Å². The molecule has 102 valence electrons. The third-order valence-corrected chi connectivity index (χ3v) is 2.70. The molecule has 1 aliphatic rings. The fraction of sp³-hybridized carbons (Fsp3) is 0.636. The van der Waals surface area contributed by atoms with Crippen molar-refractivity contribution in [3.05, 3.63) is 33.1 Å². The van der Waals surface area contributed by atoms with Crippen molar-refractivity contribution < 1.29 is 14.9 Å². The Morgan fingerprint density at radius 1 is 1.44 bits per heavy atom. The van der Waals surface area contributed by atoms with E-state index in [0.29, 0.717) is 6.42 Å². The Bertz CT molecular complexity index is 467. The second kappa shape index (κ2) is 7.10. The van der Waals surface area contributed by atoms with Crippen LogP contribution in [0.5, 0.6) is 0 Å². The van der Waals surface area contributed by atoms with Gasteiger partial charge in [-0.2, -0.15) is 0 Å². The van der Waals surface area contributed by atoms with E-state index >= 15 is 0 Å². The normalized spacial score (nSPS) is 22.4. The monoisotopic (exact) mass is 258 g/mol. The van der Waals surface area contributed by atoms with Gasteiger partial charge in [0.25, 0.3) is 5.56 Å². The molecule has 1 fully saturated rings. The first-order valence-electron chi connectivity index (χ1n) is 5.73. The number of hydrogen-bond donors (Lipinski definition) is 3. The summed E-state index contributed by atoms with van der Waals surface area (Å²) in [5.41, 5.74) is -0.867. The first-order chi connectivity index (χ1) is 8.70. The van der Waals surface area contributed by atoms with E-state index in [9.17, 15) is 9.59 Å². The maximum atomic E-state index is 11.5. The van der Waals surface area contributed by atoms with E-state index in [4.69, 9.17) is 14.9 Å². The molecule has 0 bridgehead atoms. The topological polar surface area (TPSA) is 105 Å².